The summed E-state index contributed by atoms with van der Waals surface area (Å²) in [5.41, 5.74) is -0.316. The molecule has 0 aliphatic rings. The number of rotatable bonds is 7. The highest BCUT2D eigenvalue weighted by Gasteiger charge is 2.35. The van der Waals surface area contributed by atoms with Crippen molar-refractivity contribution < 1.29 is 13.2 Å². The minimum absolute atomic E-state index is 0.261. The first-order valence-electron chi connectivity index (χ1n) is 6.75. The molecule has 5 heteroatoms. The van der Waals surface area contributed by atoms with Crippen molar-refractivity contribution in [2.45, 2.75) is 51.7 Å². The zero-order valence-corrected chi connectivity index (χ0v) is 11.4. The summed E-state index contributed by atoms with van der Waals surface area (Å²) < 4.78 is 39.0. The summed E-state index contributed by atoms with van der Waals surface area (Å²) >= 11 is 0. The van der Waals surface area contributed by atoms with E-state index in [9.17, 15) is 13.2 Å². The van der Waals surface area contributed by atoms with Gasteiger partial charge in [-0.1, -0.05) is 26.7 Å². The van der Waals surface area contributed by atoms with Gasteiger partial charge >= 0.3 is 6.18 Å². The lowest BCUT2D eigenvalue weighted by Gasteiger charge is -2.22. The zero-order chi connectivity index (χ0) is 14.3. The average Bonchev–Trinajstić information content (AvgIpc) is 2.38. The van der Waals surface area contributed by atoms with Crippen LogP contribution >= 0.6 is 0 Å². The molecule has 1 aromatic rings. The first kappa shape index (κ1) is 16.0. The predicted molar refractivity (Wildman–Crippen MR) is 69.8 cm³/mol. The Morgan fingerprint density at radius 2 is 2.00 bits per heavy atom. The quantitative estimate of drug-likeness (QED) is 0.800. The molecule has 0 amide bonds. The van der Waals surface area contributed by atoms with Crippen molar-refractivity contribution in [3.8, 4) is 0 Å². The number of hydrogen-bond acceptors (Lipinski definition) is 2. The Bertz CT molecular complexity index is 369. The van der Waals surface area contributed by atoms with Gasteiger partial charge in [0.2, 0.25) is 0 Å². The molecule has 0 aliphatic heterocycles. The number of unbranched alkanes of at least 4 members (excludes halogenated alkanes) is 1. The maximum Gasteiger partial charge on any atom is 0.416 e. The molecule has 1 heterocycles. The largest absolute Gasteiger partial charge is 0.416 e. The second-order valence-corrected chi connectivity index (χ2v) is 4.61. The van der Waals surface area contributed by atoms with Gasteiger partial charge in [0.1, 0.15) is 0 Å². The van der Waals surface area contributed by atoms with Crippen LogP contribution in [0.2, 0.25) is 0 Å². The molecule has 1 rings (SSSR count). The number of nitrogens with one attached hydrogen (secondary N) is 1. The second kappa shape index (κ2) is 7.48. The molecular formula is C14H21F3N2. The summed E-state index contributed by atoms with van der Waals surface area (Å²) in [7, 11) is 0. The van der Waals surface area contributed by atoms with E-state index in [2.05, 4.69) is 10.3 Å². The van der Waals surface area contributed by atoms with Crippen molar-refractivity contribution in [3.63, 3.8) is 0 Å². The summed E-state index contributed by atoms with van der Waals surface area (Å²) in [6.07, 6.45) is 1.67. The Morgan fingerprint density at radius 1 is 1.26 bits per heavy atom. The third kappa shape index (κ3) is 4.82. The number of alkyl halides is 3. The van der Waals surface area contributed by atoms with Gasteiger partial charge < -0.3 is 5.32 Å². The Morgan fingerprint density at radius 3 is 2.58 bits per heavy atom. The van der Waals surface area contributed by atoms with Gasteiger partial charge in [-0.2, -0.15) is 13.2 Å². The molecule has 1 atom stereocenters. The van der Waals surface area contributed by atoms with E-state index in [0.717, 1.165) is 25.3 Å². The Kier molecular flexibility index (Phi) is 6.28. The molecule has 0 fully saturated rings. The Balaban J connectivity index is 3.00. The van der Waals surface area contributed by atoms with E-state index in [-0.39, 0.29) is 11.6 Å². The normalized spacial score (nSPS) is 13.5. The monoisotopic (exact) mass is 274 g/mol. The van der Waals surface area contributed by atoms with Crippen LogP contribution in [0.15, 0.2) is 18.5 Å². The Labute approximate surface area is 112 Å². The molecule has 0 aromatic carbocycles. The number of aromatic nitrogens is 1. The van der Waals surface area contributed by atoms with Crippen molar-refractivity contribution in [1.29, 1.82) is 0 Å². The fourth-order valence-corrected chi connectivity index (χ4v) is 2.04. The molecule has 0 saturated heterocycles. The van der Waals surface area contributed by atoms with E-state index in [1.807, 2.05) is 13.8 Å². The second-order valence-electron chi connectivity index (χ2n) is 4.61. The first-order valence-corrected chi connectivity index (χ1v) is 6.75. The lowest BCUT2D eigenvalue weighted by molar-refractivity contribution is -0.138. The Hall–Kier alpha value is -1.10. The van der Waals surface area contributed by atoms with Gasteiger partial charge in [0, 0.05) is 18.4 Å². The highest BCUT2D eigenvalue weighted by atomic mass is 19.4. The summed E-state index contributed by atoms with van der Waals surface area (Å²) in [6, 6.07) is 0.785. The molecule has 0 radical (unpaired) electrons. The van der Waals surface area contributed by atoms with Crippen LogP contribution in [0.5, 0.6) is 0 Å². The number of nitrogens with zero attached hydrogens (tertiary/aromatic N) is 1. The molecule has 1 unspecified atom stereocenters. The van der Waals surface area contributed by atoms with Crippen molar-refractivity contribution in [1.82, 2.24) is 10.3 Å². The van der Waals surface area contributed by atoms with Crippen LogP contribution in [0.25, 0.3) is 0 Å². The highest BCUT2D eigenvalue weighted by Crippen LogP contribution is 2.35. The summed E-state index contributed by atoms with van der Waals surface area (Å²) in [4.78, 5) is 3.86. The van der Waals surface area contributed by atoms with Crippen LogP contribution in [0.3, 0.4) is 0 Å². The predicted octanol–water partition coefficient (Wildman–Crippen LogP) is 4.33. The number of pyridine rings is 1. The van der Waals surface area contributed by atoms with Crippen molar-refractivity contribution >= 4 is 0 Å². The molecule has 0 saturated carbocycles. The van der Waals surface area contributed by atoms with Crippen LogP contribution in [0, 0.1) is 0 Å². The molecule has 0 aliphatic carbocycles. The van der Waals surface area contributed by atoms with Gasteiger partial charge in [-0.25, -0.2) is 0 Å². The van der Waals surface area contributed by atoms with E-state index in [1.165, 1.54) is 12.4 Å². The van der Waals surface area contributed by atoms with Gasteiger partial charge in [-0.05, 0) is 31.0 Å². The maximum absolute atomic E-state index is 13.0. The minimum atomic E-state index is -4.32. The van der Waals surface area contributed by atoms with E-state index < -0.39 is 11.7 Å². The zero-order valence-electron chi connectivity index (χ0n) is 11.4. The third-order valence-corrected chi connectivity index (χ3v) is 3.02. The SMILES string of the molecule is CCCCC(NCCC)c1cnccc1C(F)(F)F. The van der Waals surface area contributed by atoms with E-state index in [0.29, 0.717) is 13.0 Å². The van der Waals surface area contributed by atoms with Crippen LogP contribution < -0.4 is 5.32 Å². The van der Waals surface area contributed by atoms with Crippen LogP contribution in [-0.4, -0.2) is 11.5 Å². The van der Waals surface area contributed by atoms with Crippen LogP contribution in [0.1, 0.15) is 56.7 Å². The fourth-order valence-electron chi connectivity index (χ4n) is 2.04. The number of halogens is 3. The molecule has 0 bridgehead atoms. The third-order valence-electron chi connectivity index (χ3n) is 3.02. The lowest BCUT2D eigenvalue weighted by atomic mass is 9.97. The van der Waals surface area contributed by atoms with E-state index in [1.54, 1.807) is 0 Å². The standard InChI is InChI=1S/C14H21F3N2/c1-3-5-6-13(19-8-4-2)11-10-18-9-7-12(11)14(15,16)17/h7,9-10,13,19H,3-6,8H2,1-2H3. The molecule has 0 spiro atoms. The topological polar surface area (TPSA) is 24.9 Å². The van der Waals surface area contributed by atoms with Gasteiger partial charge in [0.15, 0.2) is 0 Å². The maximum atomic E-state index is 13.0. The molecular weight excluding hydrogens is 253 g/mol. The van der Waals surface area contributed by atoms with E-state index in [4.69, 9.17) is 0 Å². The lowest BCUT2D eigenvalue weighted by Crippen LogP contribution is -2.25. The van der Waals surface area contributed by atoms with Gasteiger partial charge in [0.25, 0.3) is 0 Å². The van der Waals surface area contributed by atoms with Crippen molar-refractivity contribution in [3.05, 3.63) is 29.6 Å². The van der Waals surface area contributed by atoms with E-state index >= 15 is 0 Å². The molecule has 1 aromatic heterocycles. The van der Waals surface area contributed by atoms with Crippen LogP contribution in [0.4, 0.5) is 13.2 Å². The van der Waals surface area contributed by atoms with Gasteiger partial charge in [-0.15, -0.1) is 0 Å². The van der Waals surface area contributed by atoms with Crippen molar-refractivity contribution in [2.24, 2.45) is 0 Å². The summed E-state index contributed by atoms with van der Waals surface area (Å²) in [6.45, 7) is 4.74. The molecule has 1 N–H and O–H groups in total. The van der Waals surface area contributed by atoms with Gasteiger partial charge in [0.05, 0.1) is 5.56 Å². The summed E-state index contributed by atoms with van der Waals surface area (Å²) in [5, 5.41) is 3.19. The molecule has 108 valence electrons. The molecule has 19 heavy (non-hydrogen) atoms. The summed E-state index contributed by atoms with van der Waals surface area (Å²) in [5.74, 6) is 0. The van der Waals surface area contributed by atoms with Gasteiger partial charge in [-0.3, -0.25) is 4.98 Å². The van der Waals surface area contributed by atoms with Crippen LogP contribution in [-0.2, 0) is 6.18 Å². The highest BCUT2D eigenvalue weighted by molar-refractivity contribution is 5.29. The fraction of sp³-hybridized carbons (Fsp3) is 0.643. The average molecular weight is 274 g/mol. The van der Waals surface area contributed by atoms with Crippen molar-refractivity contribution in [2.75, 3.05) is 6.54 Å². The molecule has 2 nitrogen and oxygen atoms in total. The minimum Gasteiger partial charge on any atom is -0.310 e. The first-order chi connectivity index (χ1) is 9.00. The number of hydrogen-bond donors (Lipinski definition) is 1. The smallest absolute Gasteiger partial charge is 0.310 e.